The molecule has 0 radical (unpaired) electrons. The topological polar surface area (TPSA) is 93.5 Å². The van der Waals surface area contributed by atoms with Crippen molar-refractivity contribution in [3.05, 3.63) is 42.6 Å². The fraction of sp³-hybridized carbons (Fsp3) is 0.500. The normalized spacial score (nSPS) is 15.9. The second kappa shape index (κ2) is 9.89. The van der Waals surface area contributed by atoms with E-state index in [1.165, 1.54) is 0 Å². The van der Waals surface area contributed by atoms with Crippen molar-refractivity contribution in [3.8, 4) is 5.75 Å². The van der Waals surface area contributed by atoms with Crippen LogP contribution in [0.2, 0.25) is 0 Å². The largest absolute Gasteiger partial charge is 0.493 e. The van der Waals surface area contributed by atoms with Crippen LogP contribution in [-0.2, 0) is 14.8 Å². The highest BCUT2D eigenvalue weighted by atomic mass is 32.2. The summed E-state index contributed by atoms with van der Waals surface area (Å²) in [5.41, 5.74) is 0. The molecule has 8 nitrogen and oxygen atoms in total. The van der Waals surface area contributed by atoms with Crippen LogP contribution >= 0.6 is 0 Å². The molecule has 0 spiro atoms. The first-order chi connectivity index (χ1) is 14.0. The second-order valence-electron chi connectivity index (χ2n) is 7.07. The lowest BCUT2D eigenvalue weighted by atomic mass is 10.1. The summed E-state index contributed by atoms with van der Waals surface area (Å²) in [5.74, 6) is 1.40. The lowest BCUT2D eigenvalue weighted by Crippen LogP contribution is -2.40. The van der Waals surface area contributed by atoms with Crippen LogP contribution in [0.4, 0.5) is 5.82 Å². The van der Waals surface area contributed by atoms with Gasteiger partial charge in [0.05, 0.1) is 31.0 Å². The fourth-order valence-electron chi connectivity index (χ4n) is 3.44. The number of sulfonamides is 1. The van der Waals surface area contributed by atoms with Crippen molar-refractivity contribution in [2.75, 3.05) is 30.8 Å². The van der Waals surface area contributed by atoms with Crippen LogP contribution in [0.3, 0.4) is 0 Å². The average Bonchev–Trinajstić information content (AvgIpc) is 3.17. The second-order valence-corrected chi connectivity index (χ2v) is 9.16. The van der Waals surface area contributed by atoms with Gasteiger partial charge in [-0.1, -0.05) is 25.1 Å². The van der Waals surface area contributed by atoms with Gasteiger partial charge in [-0.15, -0.1) is 0 Å². The van der Waals surface area contributed by atoms with Crippen LogP contribution in [0, 0.1) is 0 Å². The smallest absolute Gasteiger partial charge is 0.228 e. The molecule has 2 heterocycles. The summed E-state index contributed by atoms with van der Waals surface area (Å²) in [6, 6.07) is 11.2. The molecule has 1 saturated heterocycles. The molecule has 0 saturated carbocycles. The Morgan fingerprint density at radius 2 is 1.93 bits per heavy atom. The Morgan fingerprint density at radius 3 is 2.62 bits per heavy atom. The van der Waals surface area contributed by atoms with Crippen molar-refractivity contribution in [1.82, 2.24) is 14.1 Å². The summed E-state index contributed by atoms with van der Waals surface area (Å²) < 4.78 is 33.4. The number of carbonyl (C=O) groups is 1. The Morgan fingerprint density at radius 1 is 1.21 bits per heavy atom. The number of benzene rings is 1. The Hall–Kier alpha value is -2.39. The predicted molar refractivity (Wildman–Crippen MR) is 111 cm³/mol. The lowest BCUT2D eigenvalue weighted by Gasteiger charge is -2.32. The quantitative estimate of drug-likeness (QED) is 0.673. The maximum atomic E-state index is 12.3. The van der Waals surface area contributed by atoms with Crippen molar-refractivity contribution < 1.29 is 17.9 Å². The lowest BCUT2D eigenvalue weighted by molar-refractivity contribution is -0.116. The van der Waals surface area contributed by atoms with Gasteiger partial charge in [0.25, 0.3) is 0 Å². The molecule has 1 aliphatic rings. The molecule has 29 heavy (non-hydrogen) atoms. The van der Waals surface area contributed by atoms with Crippen molar-refractivity contribution in [1.29, 1.82) is 0 Å². The Kier molecular flexibility index (Phi) is 7.27. The van der Waals surface area contributed by atoms with Gasteiger partial charge in [0.15, 0.2) is 0 Å². The Balaban J connectivity index is 1.50. The molecule has 3 rings (SSSR count). The van der Waals surface area contributed by atoms with Gasteiger partial charge >= 0.3 is 0 Å². The van der Waals surface area contributed by atoms with Crippen LogP contribution in [0.25, 0.3) is 0 Å². The Labute approximate surface area is 171 Å². The molecule has 1 amide bonds. The number of rotatable bonds is 9. The molecule has 0 aliphatic carbocycles. The molecule has 1 N–H and O–H groups in total. The first-order valence-corrected chi connectivity index (χ1v) is 11.6. The maximum absolute atomic E-state index is 12.3. The SMILES string of the molecule is CCCS(=O)(=O)N1CCC(n2nccc2NC(=O)CCOc2ccccc2)CC1. The highest BCUT2D eigenvalue weighted by Crippen LogP contribution is 2.27. The van der Waals surface area contributed by atoms with Gasteiger partial charge in [0, 0.05) is 19.2 Å². The van der Waals surface area contributed by atoms with E-state index >= 15 is 0 Å². The van der Waals surface area contributed by atoms with Crippen LogP contribution < -0.4 is 10.1 Å². The zero-order valence-electron chi connectivity index (χ0n) is 16.7. The standard InChI is InChI=1S/C20H28N4O4S/c1-2-16-29(26,27)23-13-9-17(10-14-23)24-19(8-12-21-24)22-20(25)11-15-28-18-6-4-3-5-7-18/h3-8,12,17H,2,9-11,13-16H2,1H3,(H,22,25). The number of nitrogens with one attached hydrogen (secondary N) is 1. The summed E-state index contributed by atoms with van der Waals surface area (Å²) in [5, 5.41) is 7.23. The van der Waals surface area contributed by atoms with Crippen molar-refractivity contribution >= 4 is 21.7 Å². The van der Waals surface area contributed by atoms with E-state index < -0.39 is 10.0 Å². The molecule has 9 heteroatoms. The molecular formula is C20H28N4O4S. The van der Waals surface area contributed by atoms with Crippen LogP contribution in [0.1, 0.15) is 38.6 Å². The van der Waals surface area contributed by atoms with Gasteiger partial charge in [-0.25, -0.2) is 17.4 Å². The van der Waals surface area contributed by atoms with E-state index in [4.69, 9.17) is 4.74 Å². The van der Waals surface area contributed by atoms with Gasteiger partial charge in [-0.3, -0.25) is 4.79 Å². The summed E-state index contributed by atoms with van der Waals surface area (Å²) in [7, 11) is -3.17. The minimum atomic E-state index is -3.17. The molecular weight excluding hydrogens is 392 g/mol. The molecule has 1 aromatic carbocycles. The van der Waals surface area contributed by atoms with E-state index in [-0.39, 0.29) is 30.7 Å². The van der Waals surface area contributed by atoms with E-state index in [0.717, 1.165) is 5.75 Å². The first kappa shape index (κ1) is 21.3. The van der Waals surface area contributed by atoms with Gasteiger partial charge in [0.1, 0.15) is 11.6 Å². The maximum Gasteiger partial charge on any atom is 0.228 e. The highest BCUT2D eigenvalue weighted by molar-refractivity contribution is 7.89. The third-order valence-corrected chi connectivity index (χ3v) is 6.98. The zero-order valence-corrected chi connectivity index (χ0v) is 17.5. The van der Waals surface area contributed by atoms with Crippen LogP contribution in [0.15, 0.2) is 42.6 Å². The molecule has 0 atom stereocenters. The first-order valence-electron chi connectivity index (χ1n) is 9.98. The number of amides is 1. The molecule has 1 fully saturated rings. The number of ether oxygens (including phenoxy) is 1. The number of hydrogen-bond acceptors (Lipinski definition) is 5. The summed E-state index contributed by atoms with van der Waals surface area (Å²) >= 11 is 0. The number of piperidine rings is 1. The number of anilines is 1. The highest BCUT2D eigenvalue weighted by Gasteiger charge is 2.29. The number of carbonyl (C=O) groups excluding carboxylic acids is 1. The van der Waals surface area contributed by atoms with Crippen molar-refractivity contribution in [3.63, 3.8) is 0 Å². The van der Waals surface area contributed by atoms with Gasteiger partial charge in [-0.05, 0) is 31.4 Å². The van der Waals surface area contributed by atoms with Crippen LogP contribution in [0.5, 0.6) is 5.75 Å². The van der Waals surface area contributed by atoms with E-state index in [2.05, 4.69) is 10.4 Å². The molecule has 0 bridgehead atoms. The van der Waals surface area contributed by atoms with Crippen LogP contribution in [-0.4, -0.2) is 53.9 Å². The minimum Gasteiger partial charge on any atom is -0.493 e. The van der Waals surface area contributed by atoms with Crippen molar-refractivity contribution in [2.24, 2.45) is 0 Å². The van der Waals surface area contributed by atoms with Gasteiger partial charge in [-0.2, -0.15) is 5.10 Å². The van der Waals surface area contributed by atoms with E-state index in [9.17, 15) is 13.2 Å². The summed E-state index contributed by atoms with van der Waals surface area (Å²) in [6.45, 7) is 3.11. The third-order valence-electron chi connectivity index (χ3n) is 4.90. The monoisotopic (exact) mass is 420 g/mol. The van der Waals surface area contributed by atoms with E-state index in [0.29, 0.717) is 38.2 Å². The average molecular weight is 421 g/mol. The molecule has 1 aliphatic heterocycles. The molecule has 1 aromatic heterocycles. The van der Waals surface area contributed by atoms with E-state index in [1.807, 2.05) is 37.3 Å². The van der Waals surface area contributed by atoms with Gasteiger partial charge < -0.3 is 10.1 Å². The Bertz CT molecular complexity index is 890. The van der Waals surface area contributed by atoms with Crippen molar-refractivity contribution in [2.45, 2.75) is 38.6 Å². The predicted octanol–water partition coefficient (Wildman–Crippen LogP) is 2.67. The van der Waals surface area contributed by atoms with E-state index in [1.54, 1.807) is 21.3 Å². The minimum absolute atomic E-state index is 0.0638. The number of para-hydroxylation sites is 1. The third kappa shape index (κ3) is 5.80. The summed E-state index contributed by atoms with van der Waals surface area (Å²) in [4.78, 5) is 12.3. The zero-order chi connectivity index (χ0) is 20.7. The molecule has 0 unspecified atom stereocenters. The number of nitrogens with zero attached hydrogens (tertiary/aromatic N) is 3. The molecule has 2 aromatic rings. The number of aromatic nitrogens is 2. The van der Waals surface area contributed by atoms with Gasteiger partial charge in [0.2, 0.25) is 15.9 Å². The number of hydrogen-bond donors (Lipinski definition) is 1. The molecule has 158 valence electrons. The summed E-state index contributed by atoms with van der Waals surface area (Å²) in [6.07, 6.45) is 3.84. The fourth-order valence-corrected chi connectivity index (χ4v) is 4.98.